The summed E-state index contributed by atoms with van der Waals surface area (Å²) in [6.45, 7) is 2.40. The number of hydrogen-bond acceptors (Lipinski definition) is 8. The zero-order valence-electron chi connectivity index (χ0n) is 16.2. The largest absolute Gasteiger partial charge is 0.477 e. The Labute approximate surface area is 173 Å². The first-order chi connectivity index (χ1) is 14.5. The maximum absolute atomic E-state index is 12.4. The van der Waals surface area contributed by atoms with E-state index >= 15 is 0 Å². The third-order valence-corrected chi connectivity index (χ3v) is 6.74. The monoisotopic (exact) mass is 428 g/mol. The minimum Gasteiger partial charge on any atom is -0.477 e. The maximum Gasteiger partial charge on any atom is 0.271 e. The predicted octanol–water partition coefficient (Wildman–Crippen LogP) is 1.32. The van der Waals surface area contributed by atoms with Gasteiger partial charge in [0, 0.05) is 12.4 Å². The Morgan fingerprint density at radius 3 is 2.90 bits per heavy atom. The standard InChI is InChI=1S/C19H20N6O4S/c1-2-29-18-10-20-9-17(24-18)25-11-16(23-12-25)19(26)22-8-13-7-15(5-6-21-13)30(27,28)14-3-4-14/h5-7,9-12,14H,2-4,8H2,1H3,(H,22,26). The molecular weight excluding hydrogens is 408 g/mol. The molecule has 10 nitrogen and oxygen atoms in total. The molecule has 0 spiro atoms. The van der Waals surface area contributed by atoms with Gasteiger partial charge in [0.2, 0.25) is 5.88 Å². The van der Waals surface area contributed by atoms with Crippen LogP contribution in [0.2, 0.25) is 0 Å². The number of hydrogen-bond donors (Lipinski definition) is 1. The first-order valence-corrected chi connectivity index (χ1v) is 11.0. The summed E-state index contributed by atoms with van der Waals surface area (Å²) in [6, 6.07) is 2.99. The van der Waals surface area contributed by atoms with Crippen LogP contribution in [-0.2, 0) is 16.4 Å². The van der Waals surface area contributed by atoms with Crippen molar-refractivity contribution in [2.24, 2.45) is 0 Å². The number of aromatic nitrogens is 5. The second-order valence-corrected chi connectivity index (χ2v) is 8.95. The molecule has 1 aliphatic rings. The van der Waals surface area contributed by atoms with Gasteiger partial charge >= 0.3 is 0 Å². The Hall–Kier alpha value is -3.34. The number of carbonyl (C=O) groups is 1. The number of ether oxygens (including phenoxy) is 1. The number of carbonyl (C=O) groups excluding carboxylic acids is 1. The molecular formula is C19H20N6O4S. The smallest absolute Gasteiger partial charge is 0.271 e. The molecule has 0 unspecified atom stereocenters. The fraction of sp³-hybridized carbons (Fsp3) is 0.316. The molecule has 0 radical (unpaired) electrons. The molecule has 1 saturated carbocycles. The Morgan fingerprint density at radius 1 is 1.30 bits per heavy atom. The van der Waals surface area contributed by atoms with Crippen molar-refractivity contribution in [2.45, 2.75) is 36.5 Å². The highest BCUT2D eigenvalue weighted by atomic mass is 32.2. The third-order valence-electron chi connectivity index (χ3n) is 4.48. The van der Waals surface area contributed by atoms with E-state index in [0.717, 1.165) is 0 Å². The molecule has 1 aliphatic carbocycles. The van der Waals surface area contributed by atoms with Crippen LogP contribution in [-0.4, -0.2) is 50.7 Å². The van der Waals surface area contributed by atoms with Crippen LogP contribution in [0.15, 0.2) is 48.1 Å². The Kier molecular flexibility index (Phi) is 5.44. The van der Waals surface area contributed by atoms with E-state index in [0.29, 0.717) is 36.8 Å². The lowest BCUT2D eigenvalue weighted by molar-refractivity contribution is 0.0946. The van der Waals surface area contributed by atoms with Gasteiger partial charge in [0.1, 0.15) is 12.0 Å². The molecule has 11 heteroatoms. The molecule has 0 saturated heterocycles. The summed E-state index contributed by atoms with van der Waals surface area (Å²) in [5.74, 6) is 0.425. The minimum atomic E-state index is -3.31. The Balaban J connectivity index is 1.42. The third kappa shape index (κ3) is 4.30. The van der Waals surface area contributed by atoms with E-state index in [1.54, 1.807) is 4.57 Å². The van der Waals surface area contributed by atoms with Crippen LogP contribution in [0.1, 0.15) is 35.9 Å². The van der Waals surface area contributed by atoms with Crippen molar-refractivity contribution < 1.29 is 17.9 Å². The highest BCUT2D eigenvalue weighted by Gasteiger charge is 2.36. The van der Waals surface area contributed by atoms with Gasteiger partial charge in [0.15, 0.2) is 15.7 Å². The molecule has 3 aromatic rings. The zero-order chi connectivity index (χ0) is 21.1. The average Bonchev–Trinajstić information content (AvgIpc) is 3.50. The summed E-state index contributed by atoms with van der Waals surface area (Å²) in [5.41, 5.74) is 0.639. The van der Waals surface area contributed by atoms with Crippen molar-refractivity contribution in [1.82, 2.24) is 29.8 Å². The molecule has 1 fully saturated rings. The lowest BCUT2D eigenvalue weighted by Gasteiger charge is -2.06. The molecule has 0 aliphatic heterocycles. The zero-order valence-corrected chi connectivity index (χ0v) is 17.0. The summed E-state index contributed by atoms with van der Waals surface area (Å²) < 4.78 is 31.6. The van der Waals surface area contributed by atoms with Gasteiger partial charge in [-0.1, -0.05) is 0 Å². The summed E-state index contributed by atoms with van der Waals surface area (Å²) in [4.78, 5) is 29.3. The summed E-state index contributed by atoms with van der Waals surface area (Å²) >= 11 is 0. The van der Waals surface area contributed by atoms with Gasteiger partial charge in [-0.15, -0.1) is 0 Å². The fourth-order valence-corrected chi connectivity index (χ4v) is 4.50. The van der Waals surface area contributed by atoms with E-state index in [1.807, 2.05) is 6.92 Å². The van der Waals surface area contributed by atoms with Crippen LogP contribution in [0.3, 0.4) is 0 Å². The van der Waals surface area contributed by atoms with Gasteiger partial charge in [-0.2, -0.15) is 4.98 Å². The van der Waals surface area contributed by atoms with Gasteiger partial charge < -0.3 is 10.1 Å². The van der Waals surface area contributed by atoms with Crippen LogP contribution in [0.25, 0.3) is 5.82 Å². The van der Waals surface area contributed by atoms with E-state index < -0.39 is 15.7 Å². The summed E-state index contributed by atoms with van der Waals surface area (Å²) in [6.07, 6.45) is 8.83. The molecule has 156 valence electrons. The first-order valence-electron chi connectivity index (χ1n) is 9.43. The number of nitrogens with zero attached hydrogens (tertiary/aromatic N) is 5. The van der Waals surface area contributed by atoms with Gasteiger partial charge in [0.05, 0.1) is 41.4 Å². The number of sulfone groups is 1. The van der Waals surface area contributed by atoms with Gasteiger partial charge in [-0.25, -0.2) is 13.4 Å². The molecule has 0 bridgehead atoms. The van der Waals surface area contributed by atoms with Gasteiger partial charge in [-0.05, 0) is 31.9 Å². The van der Waals surface area contributed by atoms with Gasteiger partial charge in [0.25, 0.3) is 5.91 Å². The van der Waals surface area contributed by atoms with Crippen molar-refractivity contribution >= 4 is 15.7 Å². The molecule has 0 aromatic carbocycles. The summed E-state index contributed by atoms with van der Waals surface area (Å²) in [7, 11) is -3.31. The van der Waals surface area contributed by atoms with E-state index in [1.165, 1.54) is 43.2 Å². The number of rotatable bonds is 8. The van der Waals surface area contributed by atoms with Gasteiger partial charge in [-0.3, -0.25) is 19.3 Å². The van der Waals surface area contributed by atoms with Crippen molar-refractivity contribution in [1.29, 1.82) is 0 Å². The molecule has 3 aromatic heterocycles. The number of pyridine rings is 1. The highest BCUT2D eigenvalue weighted by molar-refractivity contribution is 7.92. The first kappa shape index (κ1) is 20.0. The number of amides is 1. The van der Waals surface area contributed by atoms with E-state index in [-0.39, 0.29) is 22.4 Å². The molecule has 3 heterocycles. The Morgan fingerprint density at radius 2 is 2.13 bits per heavy atom. The molecule has 4 rings (SSSR count). The Bertz CT molecular complexity index is 1170. The van der Waals surface area contributed by atoms with E-state index in [2.05, 4.69) is 25.3 Å². The van der Waals surface area contributed by atoms with Crippen molar-refractivity contribution in [2.75, 3.05) is 6.61 Å². The summed E-state index contributed by atoms with van der Waals surface area (Å²) in [5, 5.41) is 2.41. The van der Waals surface area contributed by atoms with Crippen molar-refractivity contribution in [3.63, 3.8) is 0 Å². The van der Waals surface area contributed by atoms with E-state index in [9.17, 15) is 13.2 Å². The second-order valence-electron chi connectivity index (χ2n) is 6.72. The topological polar surface area (TPSA) is 129 Å². The molecule has 1 N–H and O–H groups in total. The van der Waals surface area contributed by atoms with Crippen LogP contribution in [0.4, 0.5) is 0 Å². The van der Waals surface area contributed by atoms with Crippen LogP contribution < -0.4 is 10.1 Å². The number of imidazole rings is 1. The normalized spacial score (nSPS) is 13.8. The highest BCUT2D eigenvalue weighted by Crippen LogP contribution is 2.33. The fourth-order valence-electron chi connectivity index (χ4n) is 2.81. The molecule has 0 atom stereocenters. The SMILES string of the molecule is CCOc1cncc(-n2cnc(C(=O)NCc3cc(S(=O)(=O)C4CC4)ccn3)c2)n1. The van der Waals surface area contributed by atoms with E-state index in [4.69, 9.17) is 4.74 Å². The lowest BCUT2D eigenvalue weighted by atomic mass is 10.3. The quantitative estimate of drug-likeness (QED) is 0.569. The average molecular weight is 428 g/mol. The van der Waals surface area contributed by atoms with Crippen LogP contribution in [0, 0.1) is 0 Å². The maximum atomic E-state index is 12.4. The minimum absolute atomic E-state index is 0.0827. The van der Waals surface area contributed by atoms with Crippen LogP contribution in [0.5, 0.6) is 5.88 Å². The molecule has 30 heavy (non-hydrogen) atoms. The second kappa shape index (κ2) is 8.19. The van der Waals surface area contributed by atoms with Crippen LogP contribution >= 0.6 is 0 Å². The van der Waals surface area contributed by atoms with Crippen molar-refractivity contribution in [3.8, 4) is 11.7 Å². The van der Waals surface area contributed by atoms with Crippen molar-refractivity contribution in [3.05, 3.63) is 54.6 Å². The number of nitrogens with one attached hydrogen (secondary N) is 1. The lowest BCUT2D eigenvalue weighted by Crippen LogP contribution is -2.24. The molecule has 1 amide bonds. The predicted molar refractivity (Wildman–Crippen MR) is 106 cm³/mol.